The lowest BCUT2D eigenvalue weighted by atomic mass is 9.71. The third kappa shape index (κ3) is 2.40. The van der Waals surface area contributed by atoms with Crippen LogP contribution in [0.5, 0.6) is 0 Å². The Labute approximate surface area is 98.0 Å². The molecule has 1 aliphatic carbocycles. The van der Waals surface area contributed by atoms with Gasteiger partial charge in [0.1, 0.15) is 5.82 Å². The quantitative estimate of drug-likeness (QED) is 0.898. The van der Waals surface area contributed by atoms with E-state index in [2.05, 4.69) is 15.9 Å². The van der Waals surface area contributed by atoms with Crippen LogP contribution < -0.4 is 5.73 Å². The number of nitrogens with two attached hydrogens (primary N) is 1. The van der Waals surface area contributed by atoms with Gasteiger partial charge in [0.15, 0.2) is 0 Å². The zero-order valence-corrected chi connectivity index (χ0v) is 10.1. The average molecular weight is 272 g/mol. The van der Waals surface area contributed by atoms with Gasteiger partial charge < -0.3 is 5.73 Å². The molecule has 0 aliphatic heterocycles. The van der Waals surface area contributed by atoms with E-state index in [1.165, 1.54) is 30.5 Å². The van der Waals surface area contributed by atoms with Crippen LogP contribution >= 0.6 is 15.9 Å². The van der Waals surface area contributed by atoms with Crippen LogP contribution in [0.2, 0.25) is 0 Å². The zero-order chi connectivity index (χ0) is 10.8. The summed E-state index contributed by atoms with van der Waals surface area (Å²) in [7, 11) is 0. The predicted octanol–water partition coefficient (Wildman–Crippen LogP) is 3.12. The summed E-state index contributed by atoms with van der Waals surface area (Å²) in [6.45, 7) is 0.781. The highest BCUT2D eigenvalue weighted by molar-refractivity contribution is 9.10. The molecule has 82 valence electrons. The first-order chi connectivity index (χ1) is 7.20. The van der Waals surface area contributed by atoms with Crippen LogP contribution in [-0.4, -0.2) is 6.54 Å². The van der Waals surface area contributed by atoms with Crippen LogP contribution in [0.1, 0.15) is 18.4 Å². The van der Waals surface area contributed by atoms with Gasteiger partial charge in [-0.05, 0) is 55.3 Å². The van der Waals surface area contributed by atoms with Crippen molar-refractivity contribution >= 4 is 15.9 Å². The van der Waals surface area contributed by atoms with Crippen LogP contribution in [0, 0.1) is 17.7 Å². The molecule has 0 bridgehead atoms. The molecule has 15 heavy (non-hydrogen) atoms. The number of rotatable bonds is 3. The van der Waals surface area contributed by atoms with Crippen LogP contribution in [0.25, 0.3) is 0 Å². The highest BCUT2D eigenvalue weighted by Gasteiger charge is 2.29. The van der Waals surface area contributed by atoms with Gasteiger partial charge >= 0.3 is 0 Å². The zero-order valence-electron chi connectivity index (χ0n) is 8.55. The molecule has 0 saturated heterocycles. The summed E-state index contributed by atoms with van der Waals surface area (Å²) >= 11 is 3.40. The molecule has 2 N–H and O–H groups in total. The molecule has 2 atom stereocenters. The Hall–Kier alpha value is -0.410. The van der Waals surface area contributed by atoms with Gasteiger partial charge in [-0.15, -0.1) is 0 Å². The maximum absolute atomic E-state index is 12.9. The maximum atomic E-state index is 12.9. The van der Waals surface area contributed by atoms with Crippen LogP contribution in [0.4, 0.5) is 4.39 Å². The second-order valence-electron chi connectivity index (χ2n) is 4.27. The van der Waals surface area contributed by atoms with Gasteiger partial charge in [-0.2, -0.15) is 0 Å². The van der Waals surface area contributed by atoms with E-state index in [9.17, 15) is 4.39 Å². The standard InChI is InChI=1S/C12H15BrFN/c13-12-6-11(14)4-3-9(12)5-8-1-2-10(8)7-15/h3-4,6,8,10H,1-2,5,7,15H2. The third-order valence-electron chi connectivity index (χ3n) is 3.37. The van der Waals surface area contributed by atoms with Crippen molar-refractivity contribution in [1.29, 1.82) is 0 Å². The molecule has 0 radical (unpaired) electrons. The monoisotopic (exact) mass is 271 g/mol. The SMILES string of the molecule is NCC1CCC1Cc1ccc(F)cc1Br. The molecule has 2 unspecified atom stereocenters. The van der Waals surface area contributed by atoms with Crippen molar-refractivity contribution in [2.75, 3.05) is 6.54 Å². The first-order valence-electron chi connectivity index (χ1n) is 5.34. The molecule has 1 nitrogen and oxygen atoms in total. The minimum Gasteiger partial charge on any atom is -0.330 e. The largest absolute Gasteiger partial charge is 0.330 e. The van der Waals surface area contributed by atoms with Gasteiger partial charge in [-0.1, -0.05) is 22.0 Å². The second-order valence-corrected chi connectivity index (χ2v) is 5.13. The van der Waals surface area contributed by atoms with Gasteiger partial charge in [0.25, 0.3) is 0 Å². The Morgan fingerprint density at radius 1 is 1.33 bits per heavy atom. The van der Waals surface area contributed by atoms with Crippen molar-refractivity contribution in [3.63, 3.8) is 0 Å². The molecule has 0 heterocycles. The summed E-state index contributed by atoms with van der Waals surface area (Å²) in [5.74, 6) is 1.17. The van der Waals surface area contributed by atoms with E-state index in [0.717, 1.165) is 17.4 Å². The normalized spacial score (nSPS) is 25.0. The Kier molecular flexibility index (Phi) is 3.42. The van der Waals surface area contributed by atoms with Crippen LogP contribution in [0.3, 0.4) is 0 Å². The number of halogens is 2. The van der Waals surface area contributed by atoms with E-state index in [4.69, 9.17) is 5.73 Å². The fourth-order valence-corrected chi connectivity index (χ4v) is 2.70. The predicted molar refractivity (Wildman–Crippen MR) is 63.1 cm³/mol. The molecule has 1 aromatic carbocycles. The van der Waals surface area contributed by atoms with Crippen molar-refractivity contribution in [2.45, 2.75) is 19.3 Å². The molecule has 0 aromatic heterocycles. The van der Waals surface area contributed by atoms with E-state index in [-0.39, 0.29) is 5.82 Å². The minimum atomic E-state index is -0.186. The van der Waals surface area contributed by atoms with E-state index >= 15 is 0 Å². The summed E-state index contributed by atoms with van der Waals surface area (Å²) in [6, 6.07) is 4.92. The molecule has 2 rings (SSSR count). The molecule has 1 aromatic rings. The van der Waals surface area contributed by atoms with E-state index in [1.54, 1.807) is 0 Å². The molecule has 1 saturated carbocycles. The van der Waals surface area contributed by atoms with Crippen LogP contribution in [0.15, 0.2) is 22.7 Å². The van der Waals surface area contributed by atoms with Crippen molar-refractivity contribution < 1.29 is 4.39 Å². The Balaban J connectivity index is 2.04. The molecular weight excluding hydrogens is 257 g/mol. The Morgan fingerprint density at radius 2 is 2.07 bits per heavy atom. The molecule has 0 amide bonds. The Morgan fingerprint density at radius 3 is 2.60 bits per heavy atom. The van der Waals surface area contributed by atoms with Gasteiger partial charge in [-0.3, -0.25) is 0 Å². The molecule has 1 fully saturated rings. The molecule has 3 heteroatoms. The highest BCUT2D eigenvalue weighted by atomic mass is 79.9. The van der Waals surface area contributed by atoms with Crippen molar-refractivity contribution in [3.05, 3.63) is 34.1 Å². The van der Waals surface area contributed by atoms with E-state index in [1.807, 2.05) is 6.07 Å². The summed E-state index contributed by atoms with van der Waals surface area (Å²) < 4.78 is 13.8. The number of hydrogen-bond donors (Lipinski definition) is 1. The first kappa shape index (κ1) is 11.1. The van der Waals surface area contributed by atoms with E-state index in [0.29, 0.717) is 11.8 Å². The number of hydrogen-bond acceptors (Lipinski definition) is 1. The summed E-state index contributed by atoms with van der Waals surface area (Å²) in [5, 5.41) is 0. The lowest BCUT2D eigenvalue weighted by Gasteiger charge is -2.36. The average Bonchev–Trinajstić information content (AvgIpc) is 2.15. The molecule has 0 spiro atoms. The minimum absolute atomic E-state index is 0.186. The molecule has 1 aliphatic rings. The van der Waals surface area contributed by atoms with Gasteiger partial charge in [0.2, 0.25) is 0 Å². The summed E-state index contributed by atoms with van der Waals surface area (Å²) in [5.41, 5.74) is 6.86. The maximum Gasteiger partial charge on any atom is 0.124 e. The van der Waals surface area contributed by atoms with Gasteiger partial charge in [-0.25, -0.2) is 4.39 Å². The third-order valence-corrected chi connectivity index (χ3v) is 4.11. The smallest absolute Gasteiger partial charge is 0.124 e. The van der Waals surface area contributed by atoms with Crippen molar-refractivity contribution in [1.82, 2.24) is 0 Å². The first-order valence-corrected chi connectivity index (χ1v) is 6.14. The van der Waals surface area contributed by atoms with Crippen molar-refractivity contribution in [2.24, 2.45) is 17.6 Å². The van der Waals surface area contributed by atoms with E-state index < -0.39 is 0 Å². The van der Waals surface area contributed by atoms with Crippen LogP contribution in [-0.2, 0) is 6.42 Å². The fraction of sp³-hybridized carbons (Fsp3) is 0.500. The lowest BCUT2D eigenvalue weighted by molar-refractivity contribution is 0.183. The molecular formula is C12H15BrFN. The summed E-state index contributed by atoms with van der Waals surface area (Å²) in [6.07, 6.45) is 3.52. The fourth-order valence-electron chi connectivity index (χ4n) is 2.19. The summed E-state index contributed by atoms with van der Waals surface area (Å²) in [4.78, 5) is 0. The second kappa shape index (κ2) is 4.62. The van der Waals surface area contributed by atoms with Gasteiger partial charge in [0, 0.05) is 4.47 Å². The topological polar surface area (TPSA) is 26.0 Å². The van der Waals surface area contributed by atoms with Gasteiger partial charge in [0.05, 0.1) is 0 Å². The highest BCUT2D eigenvalue weighted by Crippen LogP contribution is 2.37. The Bertz CT molecular complexity index is 351. The lowest BCUT2D eigenvalue weighted by Crippen LogP contribution is -2.33. The number of benzene rings is 1. The van der Waals surface area contributed by atoms with Crippen molar-refractivity contribution in [3.8, 4) is 0 Å².